The maximum Gasteiger partial charge on any atom is 0.267 e. The van der Waals surface area contributed by atoms with Gasteiger partial charge in [0, 0.05) is 17.8 Å². The first-order valence-electron chi connectivity index (χ1n) is 11.3. The number of rotatable bonds is 11. The summed E-state index contributed by atoms with van der Waals surface area (Å²) >= 11 is 0. The molecule has 0 spiro atoms. The van der Waals surface area contributed by atoms with E-state index < -0.39 is 17.9 Å². The van der Waals surface area contributed by atoms with Crippen molar-refractivity contribution in [3.05, 3.63) is 89.7 Å². The fourth-order valence-electron chi connectivity index (χ4n) is 3.44. The number of halogens is 1. The fraction of sp³-hybridized carbons (Fsp3) is 0.192. The number of nitrogens with one attached hydrogen (secondary N) is 4. The number of carbonyl (C=O) groups is 3. The number of carbonyl (C=O) groups excluding carboxylic acids is 3. The van der Waals surface area contributed by atoms with Gasteiger partial charge in [-0.2, -0.15) is 0 Å². The Morgan fingerprint density at radius 3 is 2.22 bits per heavy atom. The largest absolute Gasteiger partial charge is 0.339 e. The predicted octanol–water partition coefficient (Wildman–Crippen LogP) is 1.83. The van der Waals surface area contributed by atoms with Gasteiger partial charge in [-0.05, 0) is 66.1 Å². The summed E-state index contributed by atoms with van der Waals surface area (Å²) in [4.78, 5) is 36.0. The molecule has 7 N–H and O–H groups in total. The third kappa shape index (κ3) is 7.70. The molecule has 0 saturated carbocycles. The molecule has 10 heteroatoms. The molecule has 0 saturated heterocycles. The van der Waals surface area contributed by atoms with Gasteiger partial charge < -0.3 is 21.7 Å². The number of nitrogens with two attached hydrogens (primary N) is 1. The minimum Gasteiger partial charge on any atom is -0.339 e. The Bertz CT molecular complexity index is 1190. The second-order valence-electron chi connectivity index (χ2n) is 8.00. The molecular weight excluding hydrogens is 465 g/mol. The molecule has 3 aromatic rings. The smallest absolute Gasteiger partial charge is 0.267 e. The third-order valence-corrected chi connectivity index (χ3v) is 5.38. The summed E-state index contributed by atoms with van der Waals surface area (Å²) in [5.74, 6) is -1.76. The van der Waals surface area contributed by atoms with E-state index in [1.807, 2.05) is 18.2 Å². The van der Waals surface area contributed by atoms with Gasteiger partial charge in [0.15, 0.2) is 0 Å². The number of hydroxylamine groups is 1. The first-order valence-corrected chi connectivity index (χ1v) is 11.3. The minimum absolute atomic E-state index is 0.131. The van der Waals surface area contributed by atoms with E-state index in [0.29, 0.717) is 24.2 Å². The van der Waals surface area contributed by atoms with Crippen molar-refractivity contribution in [3.63, 3.8) is 0 Å². The zero-order valence-corrected chi connectivity index (χ0v) is 19.5. The van der Waals surface area contributed by atoms with E-state index in [9.17, 15) is 18.8 Å². The average Bonchev–Trinajstić information content (AvgIpc) is 2.90. The lowest BCUT2D eigenvalue weighted by Gasteiger charge is -2.14. The molecule has 1 atom stereocenters. The van der Waals surface area contributed by atoms with E-state index in [-0.39, 0.29) is 24.8 Å². The lowest BCUT2D eigenvalue weighted by Crippen LogP contribution is -2.50. The Morgan fingerprint density at radius 2 is 1.61 bits per heavy atom. The molecule has 0 heterocycles. The van der Waals surface area contributed by atoms with E-state index in [0.717, 1.165) is 16.7 Å². The zero-order valence-electron chi connectivity index (χ0n) is 19.5. The molecule has 0 fully saturated rings. The highest BCUT2D eigenvalue weighted by Gasteiger charge is 2.19. The lowest BCUT2D eigenvalue weighted by molar-refractivity contribution is -0.130. The monoisotopic (exact) mass is 493 g/mol. The molecule has 0 bridgehead atoms. The maximum absolute atomic E-state index is 13.2. The van der Waals surface area contributed by atoms with Crippen LogP contribution in [-0.2, 0) is 16.0 Å². The summed E-state index contributed by atoms with van der Waals surface area (Å²) in [6.45, 7) is 0.515. The molecule has 3 rings (SSSR count). The van der Waals surface area contributed by atoms with Crippen molar-refractivity contribution in [1.29, 1.82) is 0 Å². The van der Waals surface area contributed by atoms with Crippen molar-refractivity contribution in [3.8, 4) is 11.1 Å². The molecule has 0 unspecified atom stereocenters. The highest BCUT2D eigenvalue weighted by atomic mass is 19.1. The molecule has 9 nitrogen and oxygen atoms in total. The summed E-state index contributed by atoms with van der Waals surface area (Å²) in [7, 11) is 0. The number of amides is 3. The lowest BCUT2D eigenvalue weighted by atomic mass is 10.0. The molecule has 0 radical (unpaired) electrons. The van der Waals surface area contributed by atoms with Gasteiger partial charge >= 0.3 is 0 Å². The normalized spacial score (nSPS) is 11.4. The van der Waals surface area contributed by atoms with Gasteiger partial charge in [0.2, 0.25) is 5.91 Å². The standard InChI is InChI=1S/C26H28FN5O4/c27-21-3-1-2-17(14-21)12-13-29-16-24(33)30-22-10-8-19(9-11-22)18-4-6-20(7-5-18)25(34)31-23(15-28)26(35)32-36/h1-11,14,23,29,36H,12-13,15-16,28H2,(H,30,33)(H,31,34)(H,32,35)/t23-/m0/s1. The van der Waals surface area contributed by atoms with Crippen molar-refractivity contribution in [2.75, 3.05) is 25.0 Å². The highest BCUT2D eigenvalue weighted by Crippen LogP contribution is 2.22. The molecule has 3 amide bonds. The summed E-state index contributed by atoms with van der Waals surface area (Å²) in [5.41, 5.74) is 10.5. The van der Waals surface area contributed by atoms with Crippen LogP contribution in [-0.4, -0.2) is 48.6 Å². The van der Waals surface area contributed by atoms with E-state index in [1.165, 1.54) is 17.6 Å². The zero-order chi connectivity index (χ0) is 25.9. The number of hydrogen-bond donors (Lipinski definition) is 6. The van der Waals surface area contributed by atoms with Crippen LogP contribution in [0.3, 0.4) is 0 Å². The Hall–Kier alpha value is -4.12. The van der Waals surface area contributed by atoms with Crippen molar-refractivity contribution >= 4 is 23.4 Å². The van der Waals surface area contributed by atoms with Gasteiger partial charge in [-0.15, -0.1) is 0 Å². The molecule has 0 aliphatic rings. The van der Waals surface area contributed by atoms with Gasteiger partial charge in [0.05, 0.1) is 6.54 Å². The number of hydrogen-bond acceptors (Lipinski definition) is 6. The van der Waals surface area contributed by atoms with Gasteiger partial charge in [-0.1, -0.05) is 36.4 Å². The Labute approximate surface area is 207 Å². The quantitative estimate of drug-likeness (QED) is 0.137. The fourth-order valence-corrected chi connectivity index (χ4v) is 3.44. The van der Waals surface area contributed by atoms with Crippen LogP contribution < -0.4 is 27.2 Å². The van der Waals surface area contributed by atoms with Crippen molar-refractivity contribution in [1.82, 2.24) is 16.1 Å². The van der Waals surface area contributed by atoms with Crippen LogP contribution >= 0.6 is 0 Å². The first kappa shape index (κ1) is 26.5. The van der Waals surface area contributed by atoms with Crippen molar-refractivity contribution in [2.45, 2.75) is 12.5 Å². The van der Waals surface area contributed by atoms with Crippen LogP contribution in [0.2, 0.25) is 0 Å². The van der Waals surface area contributed by atoms with Crippen LogP contribution in [0.5, 0.6) is 0 Å². The van der Waals surface area contributed by atoms with Crippen LogP contribution in [0.15, 0.2) is 72.8 Å². The molecule has 3 aromatic carbocycles. The number of benzene rings is 3. The van der Waals surface area contributed by atoms with Gasteiger partial charge in [-0.3, -0.25) is 19.6 Å². The first-order chi connectivity index (χ1) is 17.4. The topological polar surface area (TPSA) is 146 Å². The second kappa shape index (κ2) is 13.1. The van der Waals surface area contributed by atoms with Crippen LogP contribution in [0.25, 0.3) is 11.1 Å². The van der Waals surface area contributed by atoms with Gasteiger partial charge in [0.25, 0.3) is 11.8 Å². The molecular formula is C26H28FN5O4. The summed E-state index contributed by atoms with van der Waals surface area (Å²) in [5, 5.41) is 17.0. The van der Waals surface area contributed by atoms with Crippen LogP contribution in [0, 0.1) is 5.82 Å². The Kier molecular flexibility index (Phi) is 9.64. The minimum atomic E-state index is -1.05. The Balaban J connectivity index is 1.48. The number of anilines is 1. The van der Waals surface area contributed by atoms with E-state index in [4.69, 9.17) is 10.9 Å². The summed E-state index contributed by atoms with van der Waals surface area (Å²) < 4.78 is 13.2. The third-order valence-electron chi connectivity index (χ3n) is 5.38. The van der Waals surface area contributed by atoms with Gasteiger partial charge in [0.1, 0.15) is 11.9 Å². The molecule has 188 valence electrons. The van der Waals surface area contributed by atoms with Crippen molar-refractivity contribution in [2.24, 2.45) is 5.73 Å². The molecule has 0 aliphatic heterocycles. The van der Waals surface area contributed by atoms with E-state index in [1.54, 1.807) is 42.5 Å². The van der Waals surface area contributed by atoms with E-state index in [2.05, 4.69) is 16.0 Å². The molecule has 0 aromatic heterocycles. The highest BCUT2D eigenvalue weighted by molar-refractivity contribution is 5.98. The van der Waals surface area contributed by atoms with Crippen LogP contribution in [0.4, 0.5) is 10.1 Å². The maximum atomic E-state index is 13.2. The Morgan fingerprint density at radius 1 is 0.944 bits per heavy atom. The summed E-state index contributed by atoms with van der Waals surface area (Å²) in [6, 6.07) is 19.3. The molecule has 36 heavy (non-hydrogen) atoms. The SMILES string of the molecule is NC[C@H](NC(=O)c1ccc(-c2ccc(NC(=O)CNCCc3cccc(F)c3)cc2)cc1)C(=O)NO. The predicted molar refractivity (Wildman–Crippen MR) is 134 cm³/mol. The van der Waals surface area contributed by atoms with Crippen molar-refractivity contribution < 1.29 is 24.0 Å². The molecule has 0 aliphatic carbocycles. The average molecular weight is 494 g/mol. The van der Waals surface area contributed by atoms with Crippen LogP contribution in [0.1, 0.15) is 15.9 Å². The summed E-state index contributed by atoms with van der Waals surface area (Å²) in [6.07, 6.45) is 0.617. The second-order valence-corrected chi connectivity index (χ2v) is 8.00. The van der Waals surface area contributed by atoms with E-state index >= 15 is 0 Å². The van der Waals surface area contributed by atoms with Gasteiger partial charge in [-0.25, -0.2) is 9.87 Å².